The molecule has 0 bridgehead atoms. The fourth-order valence-electron chi connectivity index (χ4n) is 7.55. The summed E-state index contributed by atoms with van der Waals surface area (Å²) in [5.41, 5.74) is 7.43. The lowest BCUT2D eigenvalue weighted by molar-refractivity contribution is 1.07. The summed E-state index contributed by atoms with van der Waals surface area (Å²) in [6.07, 6.45) is 0. The van der Waals surface area contributed by atoms with Crippen LogP contribution in [-0.4, -0.2) is 15.0 Å². The van der Waals surface area contributed by atoms with Crippen LogP contribution in [0.1, 0.15) is 0 Å². The second-order valence-electron chi connectivity index (χ2n) is 13.2. The predicted octanol–water partition coefficient (Wildman–Crippen LogP) is 12.8. The number of nitrogens with zero attached hydrogens (tertiary/aromatic N) is 3. The van der Waals surface area contributed by atoms with Gasteiger partial charge in [0, 0.05) is 16.7 Å². The molecule has 0 atom stereocenters. The van der Waals surface area contributed by atoms with Gasteiger partial charge in [-0.1, -0.05) is 176 Å². The lowest BCUT2D eigenvalue weighted by Gasteiger charge is -2.15. The fraction of sp³-hybridized carbons (Fsp3) is 0. The zero-order valence-corrected chi connectivity index (χ0v) is 28.2. The van der Waals surface area contributed by atoms with E-state index in [-0.39, 0.29) is 0 Å². The van der Waals surface area contributed by atoms with Crippen molar-refractivity contribution in [1.29, 1.82) is 0 Å². The monoisotopic (exact) mass is 661 g/mol. The van der Waals surface area contributed by atoms with Crippen molar-refractivity contribution in [3.05, 3.63) is 188 Å². The van der Waals surface area contributed by atoms with Crippen LogP contribution in [0.2, 0.25) is 0 Å². The van der Waals surface area contributed by atoms with Gasteiger partial charge in [-0.15, -0.1) is 0 Å². The number of hydrogen-bond acceptors (Lipinski definition) is 3. The van der Waals surface area contributed by atoms with Crippen LogP contribution in [0.5, 0.6) is 0 Å². The molecular weight excluding hydrogens is 631 g/mol. The Morgan fingerprint density at radius 3 is 1.58 bits per heavy atom. The molecule has 52 heavy (non-hydrogen) atoms. The summed E-state index contributed by atoms with van der Waals surface area (Å²) in [5, 5.41) is 9.88. The Morgan fingerprint density at radius 1 is 0.250 bits per heavy atom. The Kier molecular flexibility index (Phi) is 7.14. The Bertz CT molecular complexity index is 2950. The third-order valence-corrected chi connectivity index (χ3v) is 10.1. The van der Waals surface area contributed by atoms with Crippen molar-refractivity contribution in [1.82, 2.24) is 15.0 Å². The molecule has 3 heteroatoms. The van der Waals surface area contributed by atoms with Gasteiger partial charge < -0.3 is 0 Å². The Hall–Kier alpha value is -6.97. The molecule has 3 nitrogen and oxygen atoms in total. The summed E-state index contributed by atoms with van der Waals surface area (Å²) in [4.78, 5) is 15.3. The molecule has 9 aromatic carbocycles. The summed E-state index contributed by atoms with van der Waals surface area (Å²) in [6.45, 7) is 0. The minimum atomic E-state index is 0.637. The molecule has 0 saturated heterocycles. The standard InChI is InChI=1S/C49H31N3/c1-2-14-35(15-3-1)47-50-48(52-49(51-47)44-21-11-10-19-41(44)39-27-22-32-12-4-5-16-37(32)30-39)36-25-23-34(24-26-36)46-42-20-9-7-17-38(42)31-45-40-18-8-6-13-33(40)28-29-43(45)46/h1-31H. The van der Waals surface area contributed by atoms with Crippen molar-refractivity contribution in [2.45, 2.75) is 0 Å². The lowest BCUT2D eigenvalue weighted by atomic mass is 9.89. The first kappa shape index (κ1) is 29.9. The van der Waals surface area contributed by atoms with Gasteiger partial charge in [0.2, 0.25) is 0 Å². The van der Waals surface area contributed by atoms with E-state index in [2.05, 4.69) is 170 Å². The molecule has 0 aliphatic rings. The van der Waals surface area contributed by atoms with Gasteiger partial charge in [0.25, 0.3) is 0 Å². The van der Waals surface area contributed by atoms with Crippen molar-refractivity contribution >= 4 is 43.1 Å². The molecule has 0 amide bonds. The number of fused-ring (bicyclic) bond motifs is 5. The van der Waals surface area contributed by atoms with E-state index < -0.39 is 0 Å². The van der Waals surface area contributed by atoms with E-state index in [0.717, 1.165) is 33.4 Å². The molecule has 0 aliphatic heterocycles. The summed E-state index contributed by atoms with van der Waals surface area (Å²) >= 11 is 0. The molecule has 0 aliphatic carbocycles. The van der Waals surface area contributed by atoms with Crippen LogP contribution in [-0.2, 0) is 0 Å². The average Bonchev–Trinajstić information content (AvgIpc) is 3.23. The zero-order valence-electron chi connectivity index (χ0n) is 28.2. The maximum Gasteiger partial charge on any atom is 0.164 e. The van der Waals surface area contributed by atoms with Gasteiger partial charge in [0.1, 0.15) is 0 Å². The molecule has 10 aromatic rings. The summed E-state index contributed by atoms with van der Waals surface area (Å²) in [6, 6.07) is 66.5. The molecule has 1 heterocycles. The highest BCUT2D eigenvalue weighted by atomic mass is 15.0. The van der Waals surface area contributed by atoms with E-state index >= 15 is 0 Å². The SMILES string of the molecule is c1ccc(-c2nc(-c3ccc(-c4c5ccccc5cc5c4ccc4ccccc45)cc3)nc(-c3ccccc3-c3ccc4ccccc4c3)n2)cc1. The molecule has 0 N–H and O–H groups in total. The highest BCUT2D eigenvalue weighted by Crippen LogP contribution is 2.40. The normalized spacial score (nSPS) is 11.5. The van der Waals surface area contributed by atoms with Crippen LogP contribution < -0.4 is 0 Å². The largest absolute Gasteiger partial charge is 0.208 e. The van der Waals surface area contributed by atoms with Crippen LogP contribution in [0, 0.1) is 0 Å². The number of rotatable bonds is 5. The quantitative estimate of drug-likeness (QED) is 0.136. The van der Waals surface area contributed by atoms with Gasteiger partial charge in [0.15, 0.2) is 17.5 Å². The van der Waals surface area contributed by atoms with Crippen LogP contribution in [0.4, 0.5) is 0 Å². The van der Waals surface area contributed by atoms with E-state index in [4.69, 9.17) is 15.0 Å². The number of benzene rings is 9. The van der Waals surface area contributed by atoms with E-state index in [1.54, 1.807) is 0 Å². The topological polar surface area (TPSA) is 38.7 Å². The molecule has 0 saturated carbocycles. The van der Waals surface area contributed by atoms with Crippen molar-refractivity contribution in [2.75, 3.05) is 0 Å². The summed E-state index contributed by atoms with van der Waals surface area (Å²) < 4.78 is 0. The third-order valence-electron chi connectivity index (χ3n) is 10.1. The van der Waals surface area contributed by atoms with Gasteiger partial charge in [0.05, 0.1) is 0 Å². The molecular formula is C49H31N3. The number of aromatic nitrogens is 3. The molecule has 0 fully saturated rings. The summed E-state index contributed by atoms with van der Waals surface area (Å²) in [5.74, 6) is 1.92. The molecule has 0 spiro atoms. The molecule has 0 unspecified atom stereocenters. The second-order valence-corrected chi connectivity index (χ2v) is 13.2. The molecule has 1 aromatic heterocycles. The van der Waals surface area contributed by atoms with Gasteiger partial charge in [-0.05, 0) is 77.5 Å². The van der Waals surface area contributed by atoms with Gasteiger partial charge in [-0.2, -0.15) is 0 Å². The Balaban J connectivity index is 1.13. The van der Waals surface area contributed by atoms with E-state index in [1.165, 1.54) is 48.7 Å². The van der Waals surface area contributed by atoms with Crippen molar-refractivity contribution < 1.29 is 0 Å². The molecule has 242 valence electrons. The Labute approximate surface area is 301 Å². The first-order valence-corrected chi connectivity index (χ1v) is 17.6. The molecule has 0 radical (unpaired) electrons. The summed E-state index contributed by atoms with van der Waals surface area (Å²) in [7, 11) is 0. The number of hydrogen-bond donors (Lipinski definition) is 0. The minimum absolute atomic E-state index is 0.637. The highest BCUT2D eigenvalue weighted by Gasteiger charge is 2.17. The Morgan fingerprint density at radius 2 is 0.788 bits per heavy atom. The maximum absolute atomic E-state index is 5.16. The van der Waals surface area contributed by atoms with E-state index in [9.17, 15) is 0 Å². The highest BCUT2D eigenvalue weighted by molar-refractivity contribution is 6.20. The van der Waals surface area contributed by atoms with Gasteiger partial charge >= 0.3 is 0 Å². The first-order chi connectivity index (χ1) is 25.8. The van der Waals surface area contributed by atoms with Crippen molar-refractivity contribution in [3.63, 3.8) is 0 Å². The van der Waals surface area contributed by atoms with Crippen LogP contribution in [0.3, 0.4) is 0 Å². The smallest absolute Gasteiger partial charge is 0.164 e. The second kappa shape index (κ2) is 12.4. The van der Waals surface area contributed by atoms with Crippen LogP contribution in [0.15, 0.2) is 188 Å². The van der Waals surface area contributed by atoms with E-state index in [0.29, 0.717) is 17.5 Å². The predicted molar refractivity (Wildman–Crippen MR) is 217 cm³/mol. The fourth-order valence-corrected chi connectivity index (χ4v) is 7.55. The third kappa shape index (κ3) is 5.19. The molecule has 10 rings (SSSR count). The van der Waals surface area contributed by atoms with Crippen LogP contribution in [0.25, 0.3) is 99.5 Å². The van der Waals surface area contributed by atoms with Crippen molar-refractivity contribution in [2.24, 2.45) is 0 Å². The minimum Gasteiger partial charge on any atom is -0.208 e. The first-order valence-electron chi connectivity index (χ1n) is 17.6. The van der Waals surface area contributed by atoms with Gasteiger partial charge in [-0.25, -0.2) is 15.0 Å². The van der Waals surface area contributed by atoms with Crippen LogP contribution >= 0.6 is 0 Å². The van der Waals surface area contributed by atoms with Gasteiger partial charge in [-0.3, -0.25) is 0 Å². The lowest BCUT2D eigenvalue weighted by Crippen LogP contribution is -2.01. The van der Waals surface area contributed by atoms with Crippen molar-refractivity contribution in [3.8, 4) is 56.4 Å². The average molecular weight is 662 g/mol. The van der Waals surface area contributed by atoms with E-state index in [1.807, 2.05) is 18.2 Å². The maximum atomic E-state index is 5.16. The zero-order chi connectivity index (χ0) is 34.4.